The molecule has 0 unspecified atom stereocenters. The molecular formula is C37H42ClN3O6S. The molecule has 0 aromatic heterocycles. The highest BCUT2D eigenvalue weighted by atomic mass is 35.5. The maximum absolute atomic E-state index is 14.7. The Bertz CT molecular complexity index is 1800. The third-order valence-corrected chi connectivity index (χ3v) is 10.3. The molecule has 11 heteroatoms. The molecule has 2 amide bonds. The first-order chi connectivity index (χ1) is 23.0. The summed E-state index contributed by atoms with van der Waals surface area (Å²) in [4.78, 5) is 30.1. The van der Waals surface area contributed by atoms with E-state index < -0.39 is 28.5 Å². The van der Waals surface area contributed by atoms with Gasteiger partial charge in [-0.05, 0) is 61.7 Å². The lowest BCUT2D eigenvalue weighted by atomic mass is 10.0. The molecule has 0 bridgehead atoms. The lowest BCUT2D eigenvalue weighted by Gasteiger charge is -2.34. The van der Waals surface area contributed by atoms with Crippen molar-refractivity contribution in [2.24, 2.45) is 0 Å². The number of hydrogen-bond donors (Lipinski definition) is 1. The zero-order chi connectivity index (χ0) is 34.8. The number of aryl methyl sites for hydroxylation is 1. The second kappa shape index (κ2) is 16.5. The fourth-order valence-electron chi connectivity index (χ4n) is 5.15. The van der Waals surface area contributed by atoms with Gasteiger partial charge in [-0.3, -0.25) is 13.9 Å². The van der Waals surface area contributed by atoms with Gasteiger partial charge < -0.3 is 19.7 Å². The number of methoxy groups -OCH3 is 2. The van der Waals surface area contributed by atoms with Crippen LogP contribution in [0.25, 0.3) is 0 Å². The summed E-state index contributed by atoms with van der Waals surface area (Å²) in [5.41, 5.74) is 2.51. The Kier molecular flexibility index (Phi) is 12.5. The minimum absolute atomic E-state index is 0.00341. The number of ether oxygens (including phenoxy) is 2. The number of nitrogens with zero attached hydrogens (tertiary/aromatic N) is 2. The number of sulfonamides is 1. The predicted molar refractivity (Wildman–Crippen MR) is 189 cm³/mol. The Morgan fingerprint density at radius 2 is 1.52 bits per heavy atom. The second-order valence-electron chi connectivity index (χ2n) is 11.5. The summed E-state index contributed by atoms with van der Waals surface area (Å²) in [5, 5.41) is 3.45. The monoisotopic (exact) mass is 691 g/mol. The number of nitrogens with one attached hydrogen (secondary N) is 1. The van der Waals surface area contributed by atoms with E-state index in [0.29, 0.717) is 22.8 Å². The van der Waals surface area contributed by atoms with Crippen molar-refractivity contribution in [1.29, 1.82) is 0 Å². The molecule has 9 nitrogen and oxygen atoms in total. The Labute approximate surface area is 288 Å². The molecule has 0 saturated carbocycles. The third kappa shape index (κ3) is 8.87. The van der Waals surface area contributed by atoms with Crippen molar-refractivity contribution in [3.05, 3.63) is 119 Å². The van der Waals surface area contributed by atoms with Crippen molar-refractivity contribution in [1.82, 2.24) is 10.2 Å². The molecule has 0 aliphatic heterocycles. The average molecular weight is 692 g/mol. The number of carbonyl (C=O) groups is 2. The SMILES string of the molecule is CC[C@@H](C)NC(=O)[C@@H](Cc1ccccc1)N(Cc1ccccc1Cl)C(=O)CN(c1ccc(OC)c(OC)c1)S(=O)(=O)c1ccc(C)cc1. The maximum atomic E-state index is 14.7. The van der Waals surface area contributed by atoms with Crippen molar-refractivity contribution in [2.75, 3.05) is 25.1 Å². The lowest BCUT2D eigenvalue weighted by Crippen LogP contribution is -2.54. The highest BCUT2D eigenvalue weighted by Gasteiger charge is 2.35. The number of carbonyl (C=O) groups excluding carboxylic acids is 2. The van der Waals surface area contributed by atoms with Gasteiger partial charge in [0, 0.05) is 30.1 Å². The second-order valence-corrected chi connectivity index (χ2v) is 13.8. The van der Waals surface area contributed by atoms with Crippen LogP contribution < -0.4 is 19.1 Å². The fourth-order valence-corrected chi connectivity index (χ4v) is 6.75. The lowest BCUT2D eigenvalue weighted by molar-refractivity contribution is -0.140. The molecule has 4 aromatic carbocycles. The topological polar surface area (TPSA) is 105 Å². The first kappa shape index (κ1) is 36.3. The molecule has 0 spiro atoms. The van der Waals surface area contributed by atoms with Gasteiger partial charge in [-0.1, -0.05) is 84.8 Å². The average Bonchev–Trinajstić information content (AvgIpc) is 3.09. The smallest absolute Gasteiger partial charge is 0.264 e. The van der Waals surface area contributed by atoms with Crippen LogP contribution in [0.15, 0.2) is 102 Å². The van der Waals surface area contributed by atoms with E-state index in [9.17, 15) is 18.0 Å². The standard InChI is InChI=1S/C37H42ClN3O6S/c1-6-27(3)39-37(43)33(22-28-12-8-7-9-13-28)40(24-29-14-10-11-15-32(29)38)36(42)25-41(30-18-21-34(46-4)35(23-30)47-5)48(44,45)31-19-16-26(2)17-20-31/h7-21,23,27,33H,6,22,24-25H2,1-5H3,(H,39,43)/t27-,33-/m1/s1. The molecule has 0 saturated heterocycles. The van der Waals surface area contributed by atoms with E-state index in [1.54, 1.807) is 48.5 Å². The summed E-state index contributed by atoms with van der Waals surface area (Å²) >= 11 is 6.58. The molecule has 2 atom stereocenters. The predicted octanol–water partition coefficient (Wildman–Crippen LogP) is 6.42. The normalized spacial score (nSPS) is 12.5. The summed E-state index contributed by atoms with van der Waals surface area (Å²) in [5.74, 6) is -0.270. The van der Waals surface area contributed by atoms with E-state index in [4.69, 9.17) is 21.1 Å². The van der Waals surface area contributed by atoms with E-state index in [2.05, 4.69) is 5.32 Å². The number of rotatable bonds is 15. The van der Waals surface area contributed by atoms with Gasteiger partial charge in [-0.15, -0.1) is 0 Å². The molecule has 0 radical (unpaired) electrons. The first-order valence-corrected chi connectivity index (χ1v) is 17.5. The number of hydrogen-bond acceptors (Lipinski definition) is 6. The van der Waals surface area contributed by atoms with Gasteiger partial charge in [0.1, 0.15) is 12.6 Å². The van der Waals surface area contributed by atoms with E-state index in [1.807, 2.05) is 51.1 Å². The molecule has 4 aromatic rings. The number of anilines is 1. The zero-order valence-corrected chi connectivity index (χ0v) is 29.4. The minimum Gasteiger partial charge on any atom is -0.493 e. The van der Waals surface area contributed by atoms with Crippen LogP contribution in [0, 0.1) is 6.92 Å². The van der Waals surface area contributed by atoms with Gasteiger partial charge in [-0.25, -0.2) is 8.42 Å². The quantitative estimate of drug-likeness (QED) is 0.154. The van der Waals surface area contributed by atoms with Crippen LogP contribution in [0.4, 0.5) is 5.69 Å². The van der Waals surface area contributed by atoms with Crippen LogP contribution in [-0.2, 0) is 32.6 Å². The van der Waals surface area contributed by atoms with Crippen LogP contribution >= 0.6 is 11.6 Å². The van der Waals surface area contributed by atoms with E-state index >= 15 is 0 Å². The van der Waals surface area contributed by atoms with Gasteiger partial charge in [0.25, 0.3) is 10.0 Å². The Balaban J connectivity index is 1.86. The van der Waals surface area contributed by atoms with E-state index in [1.165, 1.54) is 37.3 Å². The minimum atomic E-state index is -4.29. The highest BCUT2D eigenvalue weighted by molar-refractivity contribution is 7.92. The Morgan fingerprint density at radius 1 is 0.875 bits per heavy atom. The zero-order valence-electron chi connectivity index (χ0n) is 27.9. The van der Waals surface area contributed by atoms with Gasteiger partial charge in [0.2, 0.25) is 11.8 Å². The molecule has 1 N–H and O–H groups in total. The van der Waals surface area contributed by atoms with Gasteiger partial charge in [0.05, 0.1) is 24.8 Å². The largest absolute Gasteiger partial charge is 0.493 e. The number of halogens is 1. The van der Waals surface area contributed by atoms with Crippen LogP contribution in [0.5, 0.6) is 11.5 Å². The van der Waals surface area contributed by atoms with Crippen molar-refractivity contribution in [2.45, 2.75) is 57.1 Å². The van der Waals surface area contributed by atoms with Gasteiger partial charge >= 0.3 is 0 Å². The van der Waals surface area contributed by atoms with Crippen molar-refractivity contribution >= 4 is 39.1 Å². The van der Waals surface area contributed by atoms with Gasteiger partial charge in [-0.2, -0.15) is 0 Å². The molecule has 0 fully saturated rings. The molecule has 0 aliphatic rings. The van der Waals surface area contributed by atoms with E-state index in [-0.39, 0.29) is 41.2 Å². The third-order valence-electron chi connectivity index (χ3n) is 8.11. The van der Waals surface area contributed by atoms with Gasteiger partial charge in [0.15, 0.2) is 11.5 Å². The molecule has 48 heavy (non-hydrogen) atoms. The maximum Gasteiger partial charge on any atom is 0.264 e. The molecule has 0 aliphatic carbocycles. The summed E-state index contributed by atoms with van der Waals surface area (Å²) in [7, 11) is -1.37. The van der Waals surface area contributed by atoms with Crippen molar-refractivity contribution < 1.29 is 27.5 Å². The summed E-state index contributed by atoms with van der Waals surface area (Å²) in [6.45, 7) is 5.06. The first-order valence-electron chi connectivity index (χ1n) is 15.7. The fraction of sp³-hybridized carbons (Fsp3) is 0.297. The summed E-state index contributed by atoms with van der Waals surface area (Å²) in [6, 6.07) is 26.3. The van der Waals surface area contributed by atoms with E-state index in [0.717, 1.165) is 15.4 Å². The summed E-state index contributed by atoms with van der Waals surface area (Å²) in [6.07, 6.45) is 0.879. The summed E-state index contributed by atoms with van der Waals surface area (Å²) < 4.78 is 40.6. The van der Waals surface area contributed by atoms with Crippen LogP contribution in [0.3, 0.4) is 0 Å². The molecular weight excluding hydrogens is 650 g/mol. The van der Waals surface area contributed by atoms with Crippen molar-refractivity contribution in [3.63, 3.8) is 0 Å². The highest BCUT2D eigenvalue weighted by Crippen LogP contribution is 2.34. The van der Waals surface area contributed by atoms with Crippen LogP contribution in [0.2, 0.25) is 5.02 Å². The van der Waals surface area contributed by atoms with Crippen molar-refractivity contribution in [3.8, 4) is 11.5 Å². The Hall–Kier alpha value is -4.54. The van der Waals surface area contributed by atoms with Crippen LogP contribution in [-0.4, -0.2) is 58.0 Å². The molecule has 4 rings (SSSR count). The Morgan fingerprint density at radius 3 is 2.15 bits per heavy atom. The number of benzene rings is 4. The number of amides is 2. The molecule has 0 heterocycles. The molecule has 254 valence electrons. The van der Waals surface area contributed by atoms with Crippen LogP contribution in [0.1, 0.15) is 37.0 Å².